The maximum Gasteiger partial charge on any atom is 0.292 e. The highest BCUT2D eigenvalue weighted by atomic mass is 16.6. The van der Waals surface area contributed by atoms with Crippen LogP contribution in [0.2, 0.25) is 0 Å². The molecule has 0 spiro atoms. The average Bonchev–Trinajstić information content (AvgIpc) is 2.45. The molecule has 1 aliphatic carbocycles. The van der Waals surface area contributed by atoms with Crippen LogP contribution in [0.5, 0.6) is 0 Å². The molecule has 2 unspecified atom stereocenters. The molecular formula is C14H19N3O4. The molecule has 2 rings (SSSR count). The van der Waals surface area contributed by atoms with Gasteiger partial charge in [-0.25, -0.2) is 0 Å². The van der Waals surface area contributed by atoms with Crippen molar-refractivity contribution in [3.8, 4) is 0 Å². The van der Waals surface area contributed by atoms with Gasteiger partial charge in [0.15, 0.2) is 0 Å². The molecule has 7 heteroatoms. The summed E-state index contributed by atoms with van der Waals surface area (Å²) < 4.78 is 0. The van der Waals surface area contributed by atoms with Crippen molar-refractivity contribution in [1.82, 2.24) is 5.32 Å². The number of hydrogen-bond donors (Lipinski definition) is 3. The average molecular weight is 293 g/mol. The van der Waals surface area contributed by atoms with Crippen LogP contribution >= 0.6 is 0 Å². The highest BCUT2D eigenvalue weighted by Gasteiger charge is 2.22. The fourth-order valence-electron chi connectivity index (χ4n) is 2.69. The van der Waals surface area contributed by atoms with E-state index in [0.29, 0.717) is 13.0 Å². The van der Waals surface area contributed by atoms with E-state index in [9.17, 15) is 20.0 Å². The van der Waals surface area contributed by atoms with Crippen molar-refractivity contribution in [3.05, 3.63) is 33.9 Å². The zero-order chi connectivity index (χ0) is 15.4. The summed E-state index contributed by atoms with van der Waals surface area (Å²) in [6.45, 7) is 0.442. The topological polar surface area (TPSA) is 118 Å². The number of nitrogens with zero attached hydrogens (tertiary/aromatic N) is 1. The quantitative estimate of drug-likeness (QED) is 0.441. The minimum atomic E-state index is -0.608. The summed E-state index contributed by atoms with van der Waals surface area (Å²) in [5, 5.41) is 23.1. The van der Waals surface area contributed by atoms with E-state index in [-0.39, 0.29) is 29.0 Å². The van der Waals surface area contributed by atoms with Gasteiger partial charge in [-0.1, -0.05) is 12.5 Å². The summed E-state index contributed by atoms with van der Waals surface area (Å²) in [6, 6.07) is 4.17. The van der Waals surface area contributed by atoms with Crippen LogP contribution in [0.3, 0.4) is 0 Å². The van der Waals surface area contributed by atoms with Crippen molar-refractivity contribution >= 4 is 17.3 Å². The first kappa shape index (κ1) is 15.2. The van der Waals surface area contributed by atoms with Gasteiger partial charge in [-0.05, 0) is 31.2 Å². The maximum absolute atomic E-state index is 12.1. The molecule has 1 amide bonds. The summed E-state index contributed by atoms with van der Waals surface area (Å²) in [5.74, 6) is -0.186. The van der Waals surface area contributed by atoms with Gasteiger partial charge in [0.2, 0.25) is 0 Å². The molecule has 0 radical (unpaired) electrons. The van der Waals surface area contributed by atoms with E-state index < -0.39 is 10.8 Å². The summed E-state index contributed by atoms with van der Waals surface area (Å²) in [6.07, 6.45) is 3.08. The first-order valence-corrected chi connectivity index (χ1v) is 6.98. The maximum atomic E-state index is 12.1. The number of benzene rings is 1. The Kier molecular flexibility index (Phi) is 4.74. The second-order valence-corrected chi connectivity index (χ2v) is 5.39. The molecule has 114 valence electrons. The lowest BCUT2D eigenvalue weighted by Gasteiger charge is -2.25. The first-order chi connectivity index (χ1) is 9.99. The van der Waals surface area contributed by atoms with E-state index in [1.165, 1.54) is 18.2 Å². The van der Waals surface area contributed by atoms with E-state index in [1.807, 2.05) is 0 Å². The largest absolute Gasteiger partial charge is 0.393 e. The molecule has 21 heavy (non-hydrogen) atoms. The number of nitrogen functional groups attached to an aromatic ring is 1. The van der Waals surface area contributed by atoms with Gasteiger partial charge in [0, 0.05) is 12.6 Å². The van der Waals surface area contributed by atoms with Crippen molar-refractivity contribution < 1.29 is 14.8 Å². The lowest BCUT2D eigenvalue weighted by molar-refractivity contribution is -0.383. The van der Waals surface area contributed by atoms with Crippen molar-refractivity contribution in [2.24, 2.45) is 5.92 Å². The van der Waals surface area contributed by atoms with Gasteiger partial charge in [-0.15, -0.1) is 0 Å². The van der Waals surface area contributed by atoms with Crippen LogP contribution in [-0.4, -0.2) is 28.6 Å². The van der Waals surface area contributed by atoms with E-state index in [0.717, 1.165) is 19.3 Å². The highest BCUT2D eigenvalue weighted by Crippen LogP contribution is 2.26. The number of para-hydroxylation sites is 1. The standard InChI is InChI=1S/C14H19N3O4/c15-13-11(5-2-6-12(13)17(20)21)14(19)16-8-9-3-1-4-10(18)7-9/h2,5-6,9-10,18H,1,3-4,7-8,15H2,(H,16,19). The van der Waals surface area contributed by atoms with Gasteiger partial charge >= 0.3 is 0 Å². The monoisotopic (exact) mass is 293 g/mol. The third-order valence-electron chi connectivity index (χ3n) is 3.83. The zero-order valence-electron chi connectivity index (χ0n) is 11.6. The van der Waals surface area contributed by atoms with E-state index in [1.54, 1.807) is 0 Å². The summed E-state index contributed by atoms with van der Waals surface area (Å²) in [7, 11) is 0. The fraction of sp³-hybridized carbons (Fsp3) is 0.500. The molecule has 7 nitrogen and oxygen atoms in total. The Morgan fingerprint density at radius 2 is 2.24 bits per heavy atom. The Hall–Kier alpha value is -2.15. The third-order valence-corrected chi connectivity index (χ3v) is 3.83. The van der Waals surface area contributed by atoms with Crippen LogP contribution < -0.4 is 11.1 Å². The van der Waals surface area contributed by atoms with Crippen molar-refractivity contribution in [3.63, 3.8) is 0 Å². The molecular weight excluding hydrogens is 274 g/mol. The second kappa shape index (κ2) is 6.53. The molecule has 2 atom stereocenters. The molecule has 0 bridgehead atoms. The van der Waals surface area contributed by atoms with Crippen LogP contribution in [0, 0.1) is 16.0 Å². The Balaban J connectivity index is 2.00. The number of nitrogens with one attached hydrogen (secondary N) is 1. The first-order valence-electron chi connectivity index (χ1n) is 6.98. The molecule has 1 aliphatic rings. The van der Waals surface area contributed by atoms with Gasteiger partial charge < -0.3 is 16.2 Å². The SMILES string of the molecule is Nc1c(C(=O)NCC2CCCC(O)C2)cccc1[N+](=O)[O-]. The zero-order valence-corrected chi connectivity index (χ0v) is 11.6. The molecule has 4 N–H and O–H groups in total. The predicted octanol–water partition coefficient (Wildman–Crippen LogP) is 1.46. The molecule has 1 saturated carbocycles. The second-order valence-electron chi connectivity index (χ2n) is 5.39. The van der Waals surface area contributed by atoms with Crippen molar-refractivity contribution in [1.29, 1.82) is 0 Å². The fourth-order valence-corrected chi connectivity index (χ4v) is 2.69. The number of aliphatic hydroxyl groups is 1. The molecule has 0 saturated heterocycles. The Labute approximate surface area is 122 Å². The number of carbonyl (C=O) groups is 1. The number of amides is 1. The lowest BCUT2D eigenvalue weighted by atomic mass is 9.87. The number of nitrogens with two attached hydrogens (primary N) is 1. The number of anilines is 1. The van der Waals surface area contributed by atoms with Crippen molar-refractivity contribution in [2.45, 2.75) is 31.8 Å². The van der Waals surface area contributed by atoms with Gasteiger partial charge in [0.1, 0.15) is 5.69 Å². The minimum Gasteiger partial charge on any atom is -0.393 e. The van der Waals surface area contributed by atoms with Crippen LogP contribution in [-0.2, 0) is 0 Å². The van der Waals surface area contributed by atoms with Crippen LogP contribution in [0.1, 0.15) is 36.0 Å². The summed E-state index contributed by atoms with van der Waals surface area (Å²) in [5.41, 5.74) is 5.40. The Bertz CT molecular complexity index is 547. The molecule has 1 fully saturated rings. The number of carbonyl (C=O) groups excluding carboxylic acids is 1. The van der Waals surface area contributed by atoms with E-state index >= 15 is 0 Å². The van der Waals surface area contributed by atoms with Crippen molar-refractivity contribution in [2.75, 3.05) is 12.3 Å². The highest BCUT2D eigenvalue weighted by molar-refractivity contribution is 6.00. The van der Waals surface area contributed by atoms with Gasteiger partial charge in [0.05, 0.1) is 16.6 Å². The predicted molar refractivity (Wildman–Crippen MR) is 77.8 cm³/mol. The number of nitro benzene ring substituents is 1. The van der Waals surface area contributed by atoms with Crippen LogP contribution in [0.4, 0.5) is 11.4 Å². The van der Waals surface area contributed by atoms with Gasteiger partial charge in [-0.3, -0.25) is 14.9 Å². The molecule has 1 aromatic carbocycles. The summed E-state index contributed by atoms with van der Waals surface area (Å²) in [4.78, 5) is 22.3. The molecule has 0 heterocycles. The smallest absolute Gasteiger partial charge is 0.292 e. The van der Waals surface area contributed by atoms with Crippen LogP contribution in [0.15, 0.2) is 18.2 Å². The Morgan fingerprint density at radius 3 is 2.90 bits per heavy atom. The number of hydrogen-bond acceptors (Lipinski definition) is 5. The van der Waals surface area contributed by atoms with Crippen LogP contribution in [0.25, 0.3) is 0 Å². The van der Waals surface area contributed by atoms with E-state index in [4.69, 9.17) is 5.73 Å². The number of rotatable bonds is 4. The Morgan fingerprint density at radius 1 is 1.48 bits per heavy atom. The summed E-state index contributed by atoms with van der Waals surface area (Å²) >= 11 is 0. The molecule has 0 aliphatic heterocycles. The van der Waals surface area contributed by atoms with Gasteiger partial charge in [-0.2, -0.15) is 0 Å². The lowest BCUT2D eigenvalue weighted by Crippen LogP contribution is -2.33. The number of aliphatic hydroxyl groups excluding tert-OH is 1. The van der Waals surface area contributed by atoms with E-state index in [2.05, 4.69) is 5.32 Å². The normalized spacial score (nSPS) is 21.8. The number of nitro groups is 1. The molecule has 1 aromatic rings. The molecule has 0 aromatic heterocycles. The minimum absolute atomic E-state index is 0.112. The third kappa shape index (κ3) is 3.69. The van der Waals surface area contributed by atoms with Gasteiger partial charge in [0.25, 0.3) is 11.6 Å².